The van der Waals surface area contributed by atoms with Crippen LogP contribution >= 0.6 is 0 Å². The van der Waals surface area contributed by atoms with Crippen LogP contribution in [0.15, 0.2) is 17.0 Å². The van der Waals surface area contributed by atoms with Gasteiger partial charge in [-0.1, -0.05) is 0 Å². The fourth-order valence-corrected chi connectivity index (χ4v) is 2.97. The maximum atomic E-state index is 13.5. The molecule has 0 bridgehead atoms. The smallest absolute Gasteiger partial charge is 0.243 e. The molecule has 0 unspecified atom stereocenters. The Hall–Kier alpha value is -1.25. The van der Waals surface area contributed by atoms with Crippen molar-refractivity contribution >= 4 is 15.7 Å². The summed E-state index contributed by atoms with van der Waals surface area (Å²) < 4.78 is 58.0. The van der Waals surface area contributed by atoms with Crippen molar-refractivity contribution in [3.05, 3.63) is 23.8 Å². The molecule has 1 aromatic carbocycles. The second-order valence-electron chi connectivity index (χ2n) is 5.08. The average Bonchev–Trinajstić information content (AvgIpc) is 3.22. The number of hydrogen-bond donors (Lipinski definition) is 2. The van der Waals surface area contributed by atoms with E-state index in [-0.39, 0.29) is 12.2 Å². The molecule has 0 aromatic heterocycles. The molecule has 21 heavy (non-hydrogen) atoms. The first-order chi connectivity index (χ1) is 9.90. The number of rotatable bonds is 8. The van der Waals surface area contributed by atoms with Crippen LogP contribution in [0.3, 0.4) is 0 Å². The van der Waals surface area contributed by atoms with Gasteiger partial charge in [0.05, 0.1) is 0 Å². The van der Waals surface area contributed by atoms with Gasteiger partial charge in [0.2, 0.25) is 10.0 Å². The number of halogens is 2. The monoisotopic (exact) mass is 320 g/mol. The number of nitrogens with one attached hydrogen (secondary N) is 1. The van der Waals surface area contributed by atoms with E-state index >= 15 is 0 Å². The number of hydrogen-bond acceptors (Lipinski definition) is 4. The third kappa shape index (κ3) is 4.62. The number of nitrogens with two attached hydrogens (primary N) is 1. The zero-order chi connectivity index (χ0) is 15.5. The maximum Gasteiger partial charge on any atom is 0.243 e. The highest BCUT2D eigenvalue weighted by Gasteiger charge is 2.23. The van der Waals surface area contributed by atoms with Gasteiger partial charge in [0.15, 0.2) is 11.6 Å². The lowest BCUT2D eigenvalue weighted by Gasteiger charge is -2.09. The van der Waals surface area contributed by atoms with Crippen LogP contribution in [-0.4, -0.2) is 28.2 Å². The summed E-state index contributed by atoms with van der Waals surface area (Å²) in [5.41, 5.74) is 5.18. The van der Waals surface area contributed by atoms with Gasteiger partial charge in [0, 0.05) is 25.4 Å². The largest absolute Gasteiger partial charge is 0.399 e. The van der Waals surface area contributed by atoms with E-state index < -0.39 is 26.6 Å². The van der Waals surface area contributed by atoms with Crippen LogP contribution in [0.2, 0.25) is 0 Å². The van der Waals surface area contributed by atoms with E-state index in [1.165, 1.54) is 12.8 Å². The van der Waals surface area contributed by atoms with Crippen molar-refractivity contribution in [2.45, 2.75) is 24.2 Å². The Bertz CT molecular complexity index is 604. The molecular weight excluding hydrogens is 302 g/mol. The van der Waals surface area contributed by atoms with Gasteiger partial charge in [-0.15, -0.1) is 0 Å². The zero-order valence-corrected chi connectivity index (χ0v) is 12.3. The Labute approximate surface area is 122 Å². The lowest BCUT2D eigenvalue weighted by Crippen LogP contribution is -2.27. The third-order valence-electron chi connectivity index (χ3n) is 3.11. The molecule has 0 atom stereocenters. The quantitative estimate of drug-likeness (QED) is 0.563. The zero-order valence-electron chi connectivity index (χ0n) is 11.4. The molecule has 0 heterocycles. The molecule has 1 aromatic rings. The summed E-state index contributed by atoms with van der Waals surface area (Å²) in [7, 11) is -4.13. The van der Waals surface area contributed by atoms with E-state index in [2.05, 4.69) is 4.72 Å². The third-order valence-corrected chi connectivity index (χ3v) is 4.57. The summed E-state index contributed by atoms with van der Waals surface area (Å²) in [5.74, 6) is -2.07. The van der Waals surface area contributed by atoms with Gasteiger partial charge >= 0.3 is 0 Å². The molecule has 3 N–H and O–H groups in total. The van der Waals surface area contributed by atoms with E-state index in [4.69, 9.17) is 10.5 Å². The molecule has 0 spiro atoms. The lowest BCUT2D eigenvalue weighted by molar-refractivity contribution is 0.123. The van der Waals surface area contributed by atoms with Crippen molar-refractivity contribution in [2.75, 3.05) is 25.5 Å². The van der Waals surface area contributed by atoms with Gasteiger partial charge in [0.25, 0.3) is 0 Å². The highest BCUT2D eigenvalue weighted by molar-refractivity contribution is 7.89. The molecule has 1 fully saturated rings. The average molecular weight is 320 g/mol. The molecular formula is C13H18F2N2O3S. The number of ether oxygens (including phenoxy) is 1. The van der Waals surface area contributed by atoms with E-state index in [1.54, 1.807) is 0 Å². The van der Waals surface area contributed by atoms with Gasteiger partial charge in [-0.3, -0.25) is 0 Å². The number of sulfonamides is 1. The van der Waals surface area contributed by atoms with Crippen molar-refractivity contribution in [1.82, 2.24) is 4.72 Å². The molecule has 0 saturated heterocycles. The molecule has 5 nitrogen and oxygen atoms in total. The first-order valence-corrected chi connectivity index (χ1v) is 8.20. The van der Waals surface area contributed by atoms with Gasteiger partial charge in [-0.2, -0.15) is 0 Å². The van der Waals surface area contributed by atoms with E-state index in [1.807, 2.05) is 0 Å². The first kappa shape index (κ1) is 16.1. The highest BCUT2D eigenvalue weighted by Crippen LogP contribution is 2.28. The second kappa shape index (κ2) is 6.67. The van der Waals surface area contributed by atoms with Crippen LogP contribution in [0.5, 0.6) is 0 Å². The number of benzene rings is 1. The summed E-state index contributed by atoms with van der Waals surface area (Å²) in [6, 6.07) is 1.63. The predicted octanol–water partition coefficient (Wildman–Crippen LogP) is 1.64. The minimum atomic E-state index is -4.13. The molecule has 1 saturated carbocycles. The Kier molecular flexibility index (Phi) is 5.13. The summed E-state index contributed by atoms with van der Waals surface area (Å²) in [6.45, 7) is 1.21. The second-order valence-corrected chi connectivity index (χ2v) is 6.82. The van der Waals surface area contributed by atoms with Crippen LogP contribution < -0.4 is 10.5 Å². The van der Waals surface area contributed by atoms with Crippen LogP contribution in [0.25, 0.3) is 0 Å². The normalized spacial score (nSPS) is 15.3. The highest BCUT2D eigenvalue weighted by atomic mass is 32.2. The molecule has 2 rings (SSSR count). The number of anilines is 1. The Morgan fingerprint density at radius 1 is 1.33 bits per heavy atom. The van der Waals surface area contributed by atoms with Crippen LogP contribution in [0.4, 0.5) is 14.5 Å². The molecule has 0 aliphatic heterocycles. The minimum Gasteiger partial charge on any atom is -0.399 e. The maximum absolute atomic E-state index is 13.5. The van der Waals surface area contributed by atoms with Gasteiger partial charge in [0.1, 0.15) is 4.90 Å². The fourth-order valence-electron chi connectivity index (χ4n) is 1.77. The lowest BCUT2D eigenvalue weighted by atomic mass is 10.3. The van der Waals surface area contributed by atoms with Gasteiger partial charge < -0.3 is 10.5 Å². The van der Waals surface area contributed by atoms with Gasteiger partial charge in [-0.05, 0) is 37.3 Å². The van der Waals surface area contributed by atoms with E-state index in [0.29, 0.717) is 25.6 Å². The van der Waals surface area contributed by atoms with Crippen LogP contribution in [-0.2, 0) is 14.8 Å². The molecule has 118 valence electrons. The molecule has 8 heteroatoms. The molecule has 1 aliphatic carbocycles. The van der Waals surface area contributed by atoms with Gasteiger partial charge in [-0.25, -0.2) is 21.9 Å². The number of nitrogen functional groups attached to an aromatic ring is 1. The summed E-state index contributed by atoms with van der Waals surface area (Å²) in [5, 5.41) is 0. The summed E-state index contributed by atoms with van der Waals surface area (Å²) in [4.78, 5) is -0.779. The van der Waals surface area contributed by atoms with Crippen molar-refractivity contribution in [2.24, 2.45) is 5.92 Å². The summed E-state index contributed by atoms with van der Waals surface area (Å²) >= 11 is 0. The Morgan fingerprint density at radius 3 is 2.71 bits per heavy atom. The van der Waals surface area contributed by atoms with Crippen LogP contribution in [0, 0.1) is 17.6 Å². The Balaban J connectivity index is 1.86. The fraction of sp³-hybridized carbons (Fsp3) is 0.538. The standard InChI is InChI=1S/C13H18F2N2O3S/c14-11-6-10(16)7-12(13(11)15)21(18,19)17-4-1-5-20-8-9-2-3-9/h6-7,9,17H,1-5,8,16H2. The van der Waals surface area contributed by atoms with Crippen LogP contribution in [0.1, 0.15) is 19.3 Å². The van der Waals surface area contributed by atoms with Crippen molar-refractivity contribution < 1.29 is 21.9 Å². The predicted molar refractivity (Wildman–Crippen MR) is 74.1 cm³/mol. The molecule has 0 radical (unpaired) electrons. The molecule has 1 aliphatic rings. The topological polar surface area (TPSA) is 81.4 Å². The SMILES string of the molecule is Nc1cc(F)c(F)c(S(=O)(=O)NCCCOCC2CC2)c1. The first-order valence-electron chi connectivity index (χ1n) is 6.72. The van der Waals surface area contributed by atoms with E-state index in [9.17, 15) is 17.2 Å². The van der Waals surface area contributed by atoms with Crippen molar-refractivity contribution in [3.8, 4) is 0 Å². The van der Waals surface area contributed by atoms with Crippen molar-refractivity contribution in [1.29, 1.82) is 0 Å². The molecule has 0 amide bonds. The summed E-state index contributed by atoms with van der Waals surface area (Å²) in [6.07, 6.45) is 2.83. The minimum absolute atomic E-state index is 0.0862. The van der Waals surface area contributed by atoms with Crippen molar-refractivity contribution in [3.63, 3.8) is 0 Å². The Morgan fingerprint density at radius 2 is 2.05 bits per heavy atom. The van der Waals surface area contributed by atoms with E-state index in [0.717, 1.165) is 12.1 Å².